The highest BCUT2D eigenvalue weighted by Gasteiger charge is 2.32. The van der Waals surface area contributed by atoms with Crippen molar-refractivity contribution in [3.05, 3.63) is 101 Å². The van der Waals surface area contributed by atoms with Crippen LogP contribution in [0.1, 0.15) is 60.0 Å². The summed E-state index contributed by atoms with van der Waals surface area (Å²) in [6.07, 6.45) is 3.34. The summed E-state index contributed by atoms with van der Waals surface area (Å²) in [6.45, 7) is 2.13. The Morgan fingerprint density at radius 1 is 0.943 bits per heavy atom. The number of rotatable bonds is 8. The molecule has 0 heterocycles. The lowest BCUT2D eigenvalue weighted by Gasteiger charge is -2.32. The minimum absolute atomic E-state index is 0.0130. The zero-order valence-corrected chi connectivity index (χ0v) is 20.8. The zero-order valence-electron chi connectivity index (χ0n) is 20.0. The third kappa shape index (κ3) is 6.36. The second kappa shape index (κ2) is 11.2. The van der Waals surface area contributed by atoms with E-state index in [1.54, 1.807) is 24.3 Å². The molecule has 1 amide bonds. The fourth-order valence-corrected chi connectivity index (χ4v) is 5.73. The van der Waals surface area contributed by atoms with Crippen LogP contribution in [0, 0.1) is 12.8 Å². The summed E-state index contributed by atoms with van der Waals surface area (Å²) in [5.41, 5.74) is 10.1. The van der Waals surface area contributed by atoms with Crippen LogP contribution in [0.25, 0.3) is 0 Å². The molecule has 6 nitrogen and oxygen atoms in total. The van der Waals surface area contributed by atoms with Gasteiger partial charge in [0.05, 0.1) is 4.90 Å². The van der Waals surface area contributed by atoms with Gasteiger partial charge in [-0.05, 0) is 54.5 Å². The number of hydrogen-bond donors (Lipinski definition) is 3. The van der Waals surface area contributed by atoms with Gasteiger partial charge in [0.1, 0.15) is 6.17 Å². The first-order valence-corrected chi connectivity index (χ1v) is 13.6. The average Bonchev–Trinajstić information content (AvgIpc) is 2.88. The van der Waals surface area contributed by atoms with E-state index in [1.165, 1.54) is 0 Å². The minimum Gasteiger partial charge on any atom is -0.337 e. The third-order valence-corrected chi connectivity index (χ3v) is 8.18. The van der Waals surface area contributed by atoms with Gasteiger partial charge in [0, 0.05) is 12.5 Å². The molecule has 0 saturated heterocycles. The van der Waals surface area contributed by atoms with Gasteiger partial charge in [-0.2, -0.15) is 0 Å². The summed E-state index contributed by atoms with van der Waals surface area (Å²) in [5, 5.41) is 3.00. The van der Waals surface area contributed by atoms with Gasteiger partial charge in [-0.1, -0.05) is 85.1 Å². The van der Waals surface area contributed by atoms with Crippen molar-refractivity contribution < 1.29 is 13.2 Å². The van der Waals surface area contributed by atoms with Crippen molar-refractivity contribution in [2.75, 3.05) is 0 Å². The molecule has 1 saturated carbocycles. The molecule has 0 aliphatic heterocycles. The molecule has 3 aromatic carbocycles. The first kappa shape index (κ1) is 25.1. The molecule has 4 rings (SSSR count). The maximum atomic E-state index is 13.1. The molecule has 7 heteroatoms. The maximum Gasteiger partial charge on any atom is 0.240 e. The number of aryl methyl sites for hydroxylation is 1. The van der Waals surface area contributed by atoms with Gasteiger partial charge in [-0.25, -0.2) is 13.1 Å². The van der Waals surface area contributed by atoms with Crippen molar-refractivity contribution in [1.29, 1.82) is 0 Å². The molecule has 0 aromatic heterocycles. The van der Waals surface area contributed by atoms with Crippen molar-refractivity contribution in [2.24, 2.45) is 11.7 Å². The van der Waals surface area contributed by atoms with E-state index in [4.69, 9.17) is 5.73 Å². The van der Waals surface area contributed by atoms with E-state index in [0.717, 1.165) is 47.9 Å². The molecule has 1 aliphatic carbocycles. The van der Waals surface area contributed by atoms with Gasteiger partial charge in [0.15, 0.2) is 0 Å². The summed E-state index contributed by atoms with van der Waals surface area (Å²) in [5.74, 6) is -0.0320. The SMILES string of the molecule is Cc1ccc(S(=O)(=O)NCc2ccc([C@H]3CCCCC3C(=O)N[C@@H](N)c3ccccc3)cc2)cc1. The quantitative estimate of drug-likeness (QED) is 0.403. The van der Waals surface area contributed by atoms with Gasteiger partial charge < -0.3 is 11.1 Å². The van der Waals surface area contributed by atoms with Crippen LogP contribution in [0.5, 0.6) is 0 Å². The monoisotopic (exact) mass is 491 g/mol. The number of carbonyl (C=O) groups excluding carboxylic acids is 1. The molecule has 1 aliphatic rings. The smallest absolute Gasteiger partial charge is 0.240 e. The molecular formula is C28H33N3O3S. The van der Waals surface area contributed by atoms with E-state index in [0.29, 0.717) is 0 Å². The largest absolute Gasteiger partial charge is 0.337 e. The van der Waals surface area contributed by atoms with Crippen molar-refractivity contribution in [3.8, 4) is 0 Å². The number of amides is 1. The Hall–Kier alpha value is -3.00. The third-order valence-electron chi connectivity index (χ3n) is 6.76. The van der Waals surface area contributed by atoms with Gasteiger partial charge in [-0.15, -0.1) is 0 Å². The van der Waals surface area contributed by atoms with Crippen LogP contribution in [-0.4, -0.2) is 14.3 Å². The highest BCUT2D eigenvalue weighted by atomic mass is 32.2. The number of hydrogen-bond acceptors (Lipinski definition) is 4. The van der Waals surface area contributed by atoms with Gasteiger partial charge in [-0.3, -0.25) is 4.79 Å². The lowest BCUT2D eigenvalue weighted by atomic mass is 9.75. The van der Waals surface area contributed by atoms with Crippen LogP contribution in [-0.2, 0) is 21.4 Å². The second-order valence-corrected chi connectivity index (χ2v) is 11.0. The number of nitrogens with two attached hydrogens (primary N) is 1. The number of benzene rings is 3. The minimum atomic E-state index is -3.58. The Morgan fingerprint density at radius 2 is 1.60 bits per heavy atom. The van der Waals surface area contributed by atoms with Crippen molar-refractivity contribution >= 4 is 15.9 Å². The van der Waals surface area contributed by atoms with Gasteiger partial charge in [0.25, 0.3) is 0 Å². The van der Waals surface area contributed by atoms with Crippen LogP contribution in [0.15, 0.2) is 83.8 Å². The van der Waals surface area contributed by atoms with Crippen LogP contribution in [0.3, 0.4) is 0 Å². The average molecular weight is 492 g/mol. The molecule has 3 aromatic rings. The highest BCUT2D eigenvalue weighted by Crippen LogP contribution is 2.38. The molecule has 0 radical (unpaired) electrons. The van der Waals surface area contributed by atoms with E-state index in [2.05, 4.69) is 10.0 Å². The predicted octanol–water partition coefficient (Wildman–Crippen LogP) is 4.52. The van der Waals surface area contributed by atoms with Crippen molar-refractivity contribution in [2.45, 2.75) is 56.1 Å². The number of sulfonamides is 1. The second-order valence-electron chi connectivity index (χ2n) is 9.27. The number of nitrogens with one attached hydrogen (secondary N) is 2. The summed E-state index contributed by atoms with van der Waals surface area (Å²) in [6, 6.07) is 24.3. The normalized spacial score (nSPS) is 19.1. The molecule has 0 spiro atoms. The number of carbonyl (C=O) groups is 1. The molecule has 1 fully saturated rings. The van der Waals surface area contributed by atoms with Crippen LogP contribution in [0.4, 0.5) is 0 Å². The molecule has 35 heavy (non-hydrogen) atoms. The summed E-state index contributed by atoms with van der Waals surface area (Å²) in [7, 11) is -3.58. The van der Waals surface area contributed by atoms with E-state index >= 15 is 0 Å². The predicted molar refractivity (Wildman–Crippen MR) is 138 cm³/mol. The van der Waals surface area contributed by atoms with Crippen LogP contribution >= 0.6 is 0 Å². The standard InChI is InChI=1S/C28H33N3O3S/c1-20-11-17-24(18-12-20)35(33,34)30-19-21-13-15-22(16-14-21)25-9-5-6-10-26(25)28(32)31-27(29)23-7-3-2-4-8-23/h2-4,7-8,11-18,25-27,30H,5-6,9-10,19,29H2,1H3,(H,31,32)/t25-,26?,27-/m1/s1. The molecule has 4 N–H and O–H groups in total. The molecule has 184 valence electrons. The van der Waals surface area contributed by atoms with E-state index < -0.39 is 16.2 Å². The Labute approximate surface area is 208 Å². The lowest BCUT2D eigenvalue weighted by Crippen LogP contribution is -2.41. The van der Waals surface area contributed by atoms with Crippen molar-refractivity contribution in [3.63, 3.8) is 0 Å². The topological polar surface area (TPSA) is 101 Å². The summed E-state index contributed by atoms with van der Waals surface area (Å²) in [4.78, 5) is 13.4. The maximum absolute atomic E-state index is 13.1. The fourth-order valence-electron chi connectivity index (χ4n) is 4.71. The Morgan fingerprint density at radius 3 is 2.29 bits per heavy atom. The molecule has 0 bridgehead atoms. The Bertz CT molecular complexity index is 1230. The van der Waals surface area contributed by atoms with Crippen LogP contribution < -0.4 is 15.8 Å². The fraction of sp³-hybridized carbons (Fsp3) is 0.321. The molecular weight excluding hydrogens is 458 g/mol. The van der Waals surface area contributed by atoms with E-state index in [-0.39, 0.29) is 29.2 Å². The van der Waals surface area contributed by atoms with Crippen molar-refractivity contribution in [1.82, 2.24) is 10.0 Å². The van der Waals surface area contributed by atoms with E-state index in [1.807, 2.05) is 61.5 Å². The molecule has 1 unspecified atom stereocenters. The lowest BCUT2D eigenvalue weighted by molar-refractivity contribution is -0.127. The van der Waals surface area contributed by atoms with Crippen LogP contribution in [0.2, 0.25) is 0 Å². The highest BCUT2D eigenvalue weighted by molar-refractivity contribution is 7.89. The summed E-state index contributed by atoms with van der Waals surface area (Å²) < 4.78 is 27.8. The Kier molecular flexibility index (Phi) is 8.00. The van der Waals surface area contributed by atoms with E-state index in [9.17, 15) is 13.2 Å². The van der Waals surface area contributed by atoms with Gasteiger partial charge in [0.2, 0.25) is 15.9 Å². The first-order chi connectivity index (χ1) is 16.8. The summed E-state index contributed by atoms with van der Waals surface area (Å²) >= 11 is 0. The van der Waals surface area contributed by atoms with Gasteiger partial charge >= 0.3 is 0 Å². The zero-order chi connectivity index (χ0) is 24.8. The Balaban J connectivity index is 1.40. The first-order valence-electron chi connectivity index (χ1n) is 12.1. The molecule has 3 atom stereocenters.